The van der Waals surface area contributed by atoms with Gasteiger partial charge in [-0.15, -0.1) is 0 Å². The first kappa shape index (κ1) is 8.53. The predicted octanol–water partition coefficient (Wildman–Crippen LogP) is 0.962. The quantitative estimate of drug-likeness (QED) is 0.627. The SMILES string of the molecule is O=C(O)C1(C(=O)O)CC2CCC2C1. The van der Waals surface area contributed by atoms with Gasteiger partial charge in [0.25, 0.3) is 0 Å². The molecule has 13 heavy (non-hydrogen) atoms. The van der Waals surface area contributed by atoms with Crippen molar-refractivity contribution < 1.29 is 19.8 Å². The van der Waals surface area contributed by atoms with E-state index in [1.54, 1.807) is 0 Å². The van der Waals surface area contributed by atoms with E-state index in [-0.39, 0.29) is 0 Å². The van der Waals surface area contributed by atoms with E-state index in [9.17, 15) is 9.59 Å². The fourth-order valence-corrected chi connectivity index (χ4v) is 2.59. The fourth-order valence-electron chi connectivity index (χ4n) is 2.59. The molecule has 0 radical (unpaired) electrons. The summed E-state index contributed by atoms with van der Waals surface area (Å²) in [5.41, 5.74) is -1.47. The highest BCUT2D eigenvalue weighted by Crippen LogP contribution is 2.55. The van der Waals surface area contributed by atoms with Crippen LogP contribution < -0.4 is 0 Å². The highest BCUT2D eigenvalue weighted by atomic mass is 16.4. The van der Waals surface area contributed by atoms with Crippen LogP contribution in [0.2, 0.25) is 0 Å². The lowest BCUT2D eigenvalue weighted by Crippen LogP contribution is -2.36. The van der Waals surface area contributed by atoms with Gasteiger partial charge in [-0.2, -0.15) is 0 Å². The topological polar surface area (TPSA) is 74.6 Å². The molecule has 0 bridgehead atoms. The van der Waals surface area contributed by atoms with Crippen LogP contribution in [0.1, 0.15) is 25.7 Å². The summed E-state index contributed by atoms with van der Waals surface area (Å²) in [5, 5.41) is 17.8. The molecule has 2 N–H and O–H groups in total. The van der Waals surface area contributed by atoms with Gasteiger partial charge in [0.15, 0.2) is 5.41 Å². The Hall–Kier alpha value is -1.06. The molecule has 0 aliphatic heterocycles. The molecule has 2 aliphatic carbocycles. The Labute approximate surface area is 75.6 Å². The number of carboxylic acids is 2. The summed E-state index contributed by atoms with van der Waals surface area (Å²) in [4.78, 5) is 21.8. The smallest absolute Gasteiger partial charge is 0.321 e. The van der Waals surface area contributed by atoms with Gasteiger partial charge >= 0.3 is 11.9 Å². The number of carboxylic acid groups (broad SMARTS) is 2. The van der Waals surface area contributed by atoms with Crippen LogP contribution in [0.5, 0.6) is 0 Å². The van der Waals surface area contributed by atoms with Gasteiger partial charge in [0.05, 0.1) is 0 Å². The Kier molecular flexibility index (Phi) is 1.62. The Morgan fingerprint density at radius 1 is 1.00 bits per heavy atom. The van der Waals surface area contributed by atoms with Crippen molar-refractivity contribution in [3.8, 4) is 0 Å². The second-order valence-electron chi connectivity index (χ2n) is 4.20. The molecular formula is C9H12O4. The van der Waals surface area contributed by atoms with E-state index < -0.39 is 17.4 Å². The highest BCUT2D eigenvalue weighted by Gasteiger charge is 2.58. The standard InChI is InChI=1S/C9H12O4/c10-7(11)9(8(12)13)3-5-1-2-6(5)4-9/h5-6H,1-4H2,(H,10,11)(H,12,13). The van der Waals surface area contributed by atoms with Crippen LogP contribution in [0.3, 0.4) is 0 Å². The maximum Gasteiger partial charge on any atom is 0.321 e. The number of fused-ring (bicyclic) bond motifs is 1. The van der Waals surface area contributed by atoms with Gasteiger partial charge in [-0.25, -0.2) is 0 Å². The summed E-state index contributed by atoms with van der Waals surface area (Å²) in [6.07, 6.45) is 2.69. The van der Waals surface area contributed by atoms with Crippen LogP contribution >= 0.6 is 0 Å². The summed E-state index contributed by atoms with van der Waals surface area (Å²) < 4.78 is 0. The lowest BCUT2D eigenvalue weighted by molar-refractivity contribution is -0.164. The van der Waals surface area contributed by atoms with Gasteiger partial charge in [-0.3, -0.25) is 9.59 Å². The van der Waals surface area contributed by atoms with Gasteiger partial charge in [0.1, 0.15) is 0 Å². The number of aliphatic carboxylic acids is 2. The third-order valence-electron chi connectivity index (χ3n) is 3.61. The Balaban J connectivity index is 2.25. The molecule has 72 valence electrons. The number of hydrogen-bond acceptors (Lipinski definition) is 2. The van der Waals surface area contributed by atoms with Crippen molar-refractivity contribution in [2.24, 2.45) is 17.3 Å². The lowest BCUT2D eigenvalue weighted by Gasteiger charge is -2.29. The summed E-state index contributed by atoms with van der Waals surface area (Å²) in [6, 6.07) is 0. The molecule has 4 heteroatoms. The molecule has 2 rings (SSSR count). The summed E-state index contributed by atoms with van der Waals surface area (Å²) in [7, 11) is 0. The summed E-state index contributed by atoms with van der Waals surface area (Å²) in [5.74, 6) is -1.61. The van der Waals surface area contributed by atoms with Gasteiger partial charge in [0.2, 0.25) is 0 Å². The van der Waals surface area contributed by atoms with Gasteiger partial charge in [-0.1, -0.05) is 0 Å². The van der Waals surface area contributed by atoms with Gasteiger partial charge < -0.3 is 10.2 Å². The zero-order chi connectivity index (χ0) is 9.64. The molecule has 0 aromatic heterocycles. The van der Waals surface area contributed by atoms with Crippen LogP contribution in [0.15, 0.2) is 0 Å². The zero-order valence-electron chi connectivity index (χ0n) is 7.19. The van der Waals surface area contributed by atoms with E-state index in [1.807, 2.05) is 0 Å². The first-order valence-corrected chi connectivity index (χ1v) is 4.53. The van der Waals surface area contributed by atoms with E-state index in [4.69, 9.17) is 10.2 Å². The average Bonchev–Trinajstić information content (AvgIpc) is 2.26. The minimum atomic E-state index is -1.47. The number of hydrogen-bond donors (Lipinski definition) is 2. The van der Waals surface area contributed by atoms with Crippen molar-refractivity contribution >= 4 is 11.9 Å². The second-order valence-corrected chi connectivity index (χ2v) is 4.20. The van der Waals surface area contributed by atoms with E-state index in [0.717, 1.165) is 12.8 Å². The average molecular weight is 184 g/mol. The predicted molar refractivity (Wildman–Crippen MR) is 43.2 cm³/mol. The molecule has 2 unspecified atom stereocenters. The van der Waals surface area contributed by atoms with Crippen molar-refractivity contribution in [1.29, 1.82) is 0 Å². The molecule has 0 saturated heterocycles. The van der Waals surface area contributed by atoms with Gasteiger partial charge in [-0.05, 0) is 37.5 Å². The van der Waals surface area contributed by atoms with Crippen molar-refractivity contribution in [2.45, 2.75) is 25.7 Å². The van der Waals surface area contributed by atoms with Crippen LogP contribution in [-0.4, -0.2) is 22.2 Å². The van der Waals surface area contributed by atoms with E-state index in [2.05, 4.69) is 0 Å². The Morgan fingerprint density at radius 3 is 1.62 bits per heavy atom. The molecule has 2 aliphatic rings. The highest BCUT2D eigenvalue weighted by molar-refractivity contribution is 5.98. The molecule has 2 fully saturated rings. The summed E-state index contributed by atoms with van der Waals surface area (Å²) >= 11 is 0. The third kappa shape index (κ3) is 0.975. The molecule has 2 atom stereocenters. The van der Waals surface area contributed by atoms with E-state index in [1.165, 1.54) is 0 Å². The lowest BCUT2D eigenvalue weighted by atomic mass is 9.77. The zero-order valence-corrected chi connectivity index (χ0v) is 7.19. The Bertz CT molecular complexity index is 243. The molecule has 0 heterocycles. The maximum atomic E-state index is 10.9. The molecule has 4 nitrogen and oxygen atoms in total. The molecule has 2 saturated carbocycles. The molecule has 0 spiro atoms. The van der Waals surface area contributed by atoms with Crippen molar-refractivity contribution in [3.05, 3.63) is 0 Å². The molecule has 0 aromatic carbocycles. The third-order valence-corrected chi connectivity index (χ3v) is 3.61. The Morgan fingerprint density at radius 2 is 1.38 bits per heavy atom. The van der Waals surface area contributed by atoms with Crippen molar-refractivity contribution in [1.82, 2.24) is 0 Å². The van der Waals surface area contributed by atoms with Crippen molar-refractivity contribution in [3.63, 3.8) is 0 Å². The second kappa shape index (κ2) is 2.47. The van der Waals surface area contributed by atoms with Crippen LogP contribution in [0, 0.1) is 17.3 Å². The van der Waals surface area contributed by atoms with Crippen LogP contribution in [0.4, 0.5) is 0 Å². The molecule has 0 amide bonds. The monoisotopic (exact) mass is 184 g/mol. The van der Waals surface area contributed by atoms with E-state index >= 15 is 0 Å². The molecule has 0 aromatic rings. The maximum absolute atomic E-state index is 10.9. The van der Waals surface area contributed by atoms with Crippen molar-refractivity contribution in [2.75, 3.05) is 0 Å². The minimum Gasteiger partial charge on any atom is -0.480 e. The number of carbonyl (C=O) groups is 2. The largest absolute Gasteiger partial charge is 0.480 e. The number of rotatable bonds is 2. The van der Waals surface area contributed by atoms with Crippen LogP contribution in [-0.2, 0) is 9.59 Å². The fraction of sp³-hybridized carbons (Fsp3) is 0.778. The first-order chi connectivity index (χ1) is 6.06. The van der Waals surface area contributed by atoms with Crippen LogP contribution in [0.25, 0.3) is 0 Å². The molecular weight excluding hydrogens is 172 g/mol. The first-order valence-electron chi connectivity index (χ1n) is 4.53. The normalized spacial score (nSPS) is 34.8. The van der Waals surface area contributed by atoms with E-state index in [0.29, 0.717) is 24.7 Å². The minimum absolute atomic E-state index is 0.336. The summed E-state index contributed by atoms with van der Waals surface area (Å²) in [6.45, 7) is 0. The van der Waals surface area contributed by atoms with Gasteiger partial charge in [0, 0.05) is 0 Å².